The first-order valence-electron chi connectivity index (χ1n) is 9.12. The molecule has 152 valence electrons. The highest BCUT2D eigenvalue weighted by molar-refractivity contribution is 8.13. The van der Waals surface area contributed by atoms with Crippen LogP contribution in [0.15, 0.2) is 29.2 Å². The van der Waals surface area contributed by atoms with Crippen molar-refractivity contribution in [1.29, 1.82) is 0 Å². The van der Waals surface area contributed by atoms with Gasteiger partial charge in [-0.05, 0) is 29.9 Å². The topological polar surface area (TPSA) is 34.1 Å². The minimum Gasteiger partial charge on any atom is -0.207 e. The molecular weight excluding hydrogens is 416 g/mol. The van der Waals surface area contributed by atoms with E-state index in [1.165, 1.54) is 31.4 Å². The van der Waals surface area contributed by atoms with Gasteiger partial charge in [0.2, 0.25) is 0 Å². The second-order valence-corrected chi connectivity index (χ2v) is 9.56. The number of hydrogen-bond acceptors (Lipinski definition) is 2. The Bertz CT molecular complexity index is 938. The van der Waals surface area contributed by atoms with Gasteiger partial charge in [0, 0.05) is 10.7 Å². The Morgan fingerprint density at radius 2 is 1.21 bits per heavy atom. The Hall–Kier alpha value is -1.60. The van der Waals surface area contributed by atoms with Gasteiger partial charge in [-0.15, -0.1) is 0 Å². The van der Waals surface area contributed by atoms with Gasteiger partial charge < -0.3 is 0 Å². The van der Waals surface area contributed by atoms with E-state index in [0.717, 1.165) is 31.2 Å². The molecule has 1 aliphatic carbocycles. The van der Waals surface area contributed by atoms with Gasteiger partial charge in [0.1, 0.15) is 0 Å². The van der Waals surface area contributed by atoms with Crippen molar-refractivity contribution in [2.45, 2.75) is 55.8 Å². The standard InChI is InChI=1S/C20H19ClF4O2S/c21-28(26,27)20-18(24)16(22)15(17(23)19(20)25)14-10-8-13(9-11-14)12-6-4-2-1-3-5-7-12/h8-12H,1-7H2. The van der Waals surface area contributed by atoms with Crippen LogP contribution in [0.2, 0.25) is 0 Å². The van der Waals surface area contributed by atoms with Crippen LogP contribution in [0.4, 0.5) is 17.6 Å². The van der Waals surface area contributed by atoms with Crippen LogP contribution in [0.25, 0.3) is 11.1 Å². The zero-order valence-electron chi connectivity index (χ0n) is 15.0. The summed E-state index contributed by atoms with van der Waals surface area (Å²) < 4.78 is 79.4. The van der Waals surface area contributed by atoms with Crippen molar-refractivity contribution in [2.24, 2.45) is 0 Å². The first-order valence-corrected chi connectivity index (χ1v) is 11.4. The summed E-state index contributed by atoms with van der Waals surface area (Å²) in [6.07, 6.45) is 7.86. The fourth-order valence-corrected chi connectivity index (χ4v) is 4.80. The Morgan fingerprint density at radius 3 is 1.68 bits per heavy atom. The molecule has 0 bridgehead atoms. The zero-order valence-corrected chi connectivity index (χ0v) is 16.5. The second kappa shape index (κ2) is 8.41. The average Bonchev–Trinajstić information content (AvgIpc) is 2.60. The third-order valence-corrected chi connectivity index (χ3v) is 6.55. The summed E-state index contributed by atoms with van der Waals surface area (Å²) in [6, 6.07) is 6.18. The van der Waals surface area contributed by atoms with Crippen LogP contribution in [0.5, 0.6) is 0 Å². The lowest BCUT2D eigenvalue weighted by molar-refractivity contribution is 0.424. The fraction of sp³-hybridized carbons (Fsp3) is 0.400. The van der Waals surface area contributed by atoms with Crippen LogP contribution in [0.1, 0.15) is 56.4 Å². The maximum absolute atomic E-state index is 14.4. The Balaban J connectivity index is 2.00. The van der Waals surface area contributed by atoms with Crippen molar-refractivity contribution < 1.29 is 26.0 Å². The van der Waals surface area contributed by atoms with Crippen LogP contribution in [0.3, 0.4) is 0 Å². The Kier molecular flexibility index (Phi) is 6.34. The molecule has 1 aliphatic rings. The van der Waals surface area contributed by atoms with Gasteiger partial charge in [-0.3, -0.25) is 0 Å². The molecule has 0 radical (unpaired) electrons. The zero-order chi connectivity index (χ0) is 20.5. The molecule has 0 saturated heterocycles. The molecule has 1 saturated carbocycles. The third-order valence-electron chi connectivity index (χ3n) is 5.24. The van der Waals surface area contributed by atoms with Crippen molar-refractivity contribution in [3.8, 4) is 11.1 Å². The molecule has 1 fully saturated rings. The van der Waals surface area contributed by atoms with Crippen LogP contribution in [0, 0.1) is 23.3 Å². The van der Waals surface area contributed by atoms with E-state index in [-0.39, 0.29) is 5.56 Å². The van der Waals surface area contributed by atoms with E-state index >= 15 is 0 Å². The largest absolute Gasteiger partial charge is 0.267 e. The highest BCUT2D eigenvalue weighted by Crippen LogP contribution is 2.37. The van der Waals surface area contributed by atoms with E-state index in [0.29, 0.717) is 5.92 Å². The smallest absolute Gasteiger partial charge is 0.207 e. The van der Waals surface area contributed by atoms with Gasteiger partial charge in [0.05, 0.1) is 5.56 Å². The first-order chi connectivity index (χ1) is 13.2. The highest BCUT2D eigenvalue weighted by Gasteiger charge is 2.32. The van der Waals surface area contributed by atoms with Gasteiger partial charge in [-0.1, -0.05) is 56.4 Å². The molecule has 2 aromatic carbocycles. The molecule has 0 spiro atoms. The van der Waals surface area contributed by atoms with Crippen molar-refractivity contribution >= 4 is 19.7 Å². The van der Waals surface area contributed by atoms with Gasteiger partial charge >= 0.3 is 0 Å². The molecule has 8 heteroatoms. The van der Waals surface area contributed by atoms with Gasteiger partial charge in [-0.2, -0.15) is 0 Å². The highest BCUT2D eigenvalue weighted by atomic mass is 35.7. The molecule has 0 aromatic heterocycles. The lowest BCUT2D eigenvalue weighted by Gasteiger charge is -2.20. The number of benzene rings is 2. The van der Waals surface area contributed by atoms with Crippen LogP contribution in [-0.4, -0.2) is 8.42 Å². The van der Waals surface area contributed by atoms with Crippen molar-refractivity contribution in [3.05, 3.63) is 53.1 Å². The molecule has 28 heavy (non-hydrogen) atoms. The summed E-state index contributed by atoms with van der Waals surface area (Å²) in [5, 5.41) is 0. The molecule has 3 rings (SSSR count). The van der Waals surface area contributed by atoms with E-state index in [1.54, 1.807) is 12.1 Å². The number of rotatable bonds is 3. The first kappa shape index (κ1) is 21.1. The normalized spacial score (nSPS) is 16.6. The molecule has 0 N–H and O–H groups in total. The van der Waals surface area contributed by atoms with Crippen LogP contribution >= 0.6 is 10.7 Å². The van der Waals surface area contributed by atoms with Crippen LogP contribution < -0.4 is 0 Å². The maximum atomic E-state index is 14.4. The van der Waals surface area contributed by atoms with Crippen molar-refractivity contribution in [1.82, 2.24) is 0 Å². The minimum absolute atomic E-state index is 0.0825. The van der Waals surface area contributed by atoms with Gasteiger partial charge in [0.15, 0.2) is 28.2 Å². The summed E-state index contributed by atoms with van der Waals surface area (Å²) in [6.45, 7) is 0. The average molecular weight is 435 g/mol. The third kappa shape index (κ3) is 4.20. The molecule has 0 amide bonds. The molecule has 0 unspecified atom stereocenters. The van der Waals surface area contributed by atoms with Gasteiger partial charge in [-0.25, -0.2) is 26.0 Å². The molecule has 0 atom stereocenters. The van der Waals surface area contributed by atoms with E-state index in [2.05, 4.69) is 0 Å². The summed E-state index contributed by atoms with van der Waals surface area (Å²) >= 11 is 0. The number of hydrogen-bond donors (Lipinski definition) is 0. The summed E-state index contributed by atoms with van der Waals surface area (Å²) in [5.41, 5.74) is -0.0310. The van der Waals surface area contributed by atoms with E-state index in [9.17, 15) is 26.0 Å². The van der Waals surface area contributed by atoms with E-state index in [1.807, 2.05) is 0 Å². The molecule has 2 aromatic rings. The number of halogens is 5. The summed E-state index contributed by atoms with van der Waals surface area (Å²) in [5.74, 6) is -7.32. The maximum Gasteiger partial charge on any atom is 0.267 e. The lowest BCUT2D eigenvalue weighted by atomic mass is 9.85. The fourth-order valence-electron chi connectivity index (χ4n) is 3.79. The predicted octanol–water partition coefficient (Wildman–Crippen LogP) is 6.67. The predicted molar refractivity (Wildman–Crippen MR) is 99.8 cm³/mol. The van der Waals surface area contributed by atoms with Crippen molar-refractivity contribution in [2.75, 3.05) is 0 Å². The molecule has 0 heterocycles. The quantitative estimate of drug-likeness (QED) is 0.307. The SMILES string of the molecule is O=S(=O)(Cl)c1c(F)c(F)c(-c2ccc(C3CCCCCCC3)cc2)c(F)c1F. The molecule has 2 nitrogen and oxygen atoms in total. The second-order valence-electron chi connectivity index (χ2n) is 7.06. The van der Waals surface area contributed by atoms with E-state index < -0.39 is 42.8 Å². The van der Waals surface area contributed by atoms with Gasteiger partial charge in [0.25, 0.3) is 9.05 Å². The van der Waals surface area contributed by atoms with Crippen molar-refractivity contribution in [3.63, 3.8) is 0 Å². The Morgan fingerprint density at radius 1 is 0.750 bits per heavy atom. The summed E-state index contributed by atoms with van der Waals surface area (Å²) in [7, 11) is -0.0916. The Labute approximate surface area is 165 Å². The molecule has 0 aliphatic heterocycles. The lowest BCUT2D eigenvalue weighted by Crippen LogP contribution is -2.08. The molecular formula is C20H19ClF4O2S. The minimum atomic E-state index is -4.99. The summed E-state index contributed by atoms with van der Waals surface area (Å²) in [4.78, 5) is -1.82. The monoisotopic (exact) mass is 434 g/mol. The van der Waals surface area contributed by atoms with Crippen LogP contribution in [-0.2, 0) is 9.05 Å². The van der Waals surface area contributed by atoms with E-state index in [4.69, 9.17) is 10.7 Å².